The summed E-state index contributed by atoms with van der Waals surface area (Å²) in [5.74, 6) is 0. The fraction of sp³-hybridized carbons (Fsp3) is 1.00. The average Bonchev–Trinajstić information content (AvgIpc) is 2.46. The van der Waals surface area contributed by atoms with Crippen LogP contribution < -0.4 is 0 Å². The summed E-state index contributed by atoms with van der Waals surface area (Å²) < 4.78 is 0. The van der Waals surface area contributed by atoms with Crippen molar-refractivity contribution in [3.05, 3.63) is 0 Å². The molecule has 0 heterocycles. The van der Waals surface area contributed by atoms with Gasteiger partial charge >= 0.3 is 0 Å². The van der Waals surface area contributed by atoms with E-state index < -0.39 is 0 Å². The molecule has 0 amide bonds. The monoisotopic (exact) mass is 284 g/mol. The van der Waals surface area contributed by atoms with Gasteiger partial charge in [-0.1, -0.05) is 97.8 Å². The van der Waals surface area contributed by atoms with Crippen molar-refractivity contribution in [1.82, 2.24) is 0 Å². The molecule has 0 radical (unpaired) electrons. The van der Waals surface area contributed by atoms with Crippen molar-refractivity contribution < 1.29 is 5.11 Å². The van der Waals surface area contributed by atoms with Crippen LogP contribution in [0.3, 0.4) is 0 Å². The van der Waals surface area contributed by atoms with Crippen LogP contribution in [0, 0.1) is 5.41 Å². The molecule has 1 heteroatoms. The lowest BCUT2D eigenvalue weighted by Crippen LogP contribution is -2.21. The van der Waals surface area contributed by atoms with Gasteiger partial charge in [-0.2, -0.15) is 0 Å². The lowest BCUT2D eigenvalue weighted by Gasteiger charge is -2.27. The highest BCUT2D eigenvalue weighted by Gasteiger charge is 2.21. The highest BCUT2D eigenvalue weighted by atomic mass is 16.3. The molecule has 0 aromatic heterocycles. The molecular weight excluding hydrogens is 244 g/mol. The predicted octanol–water partition coefficient (Wildman–Crippen LogP) is 6.49. The zero-order chi connectivity index (χ0) is 15.1. The molecule has 0 fully saturated rings. The fourth-order valence-corrected chi connectivity index (χ4v) is 2.95. The molecule has 0 unspecified atom stereocenters. The van der Waals surface area contributed by atoms with Crippen molar-refractivity contribution in [1.29, 1.82) is 0 Å². The maximum atomic E-state index is 9.66. The summed E-state index contributed by atoms with van der Waals surface area (Å²) in [4.78, 5) is 0. The Morgan fingerprint density at radius 2 is 0.950 bits per heavy atom. The molecule has 0 aliphatic rings. The van der Waals surface area contributed by atoms with Crippen LogP contribution in [-0.2, 0) is 0 Å². The smallest absolute Gasteiger partial charge is 0.0484 e. The molecule has 1 atom stereocenters. The van der Waals surface area contributed by atoms with Crippen LogP contribution in [0.15, 0.2) is 0 Å². The fourth-order valence-electron chi connectivity index (χ4n) is 2.95. The van der Waals surface area contributed by atoms with Crippen LogP contribution in [0.1, 0.15) is 111 Å². The van der Waals surface area contributed by atoms with Gasteiger partial charge in [-0.15, -0.1) is 0 Å². The molecule has 0 aliphatic heterocycles. The molecule has 20 heavy (non-hydrogen) atoms. The molecular formula is C19H40O. The normalized spacial score (nSPS) is 14.4. The third kappa shape index (κ3) is 11.8. The van der Waals surface area contributed by atoms with E-state index in [0.717, 1.165) is 0 Å². The van der Waals surface area contributed by atoms with E-state index in [1.165, 1.54) is 89.9 Å². The van der Waals surface area contributed by atoms with E-state index in [4.69, 9.17) is 0 Å². The van der Waals surface area contributed by atoms with Crippen LogP contribution in [0.2, 0.25) is 0 Å². The highest BCUT2D eigenvalue weighted by molar-refractivity contribution is 4.73. The van der Waals surface area contributed by atoms with Gasteiger partial charge in [-0.25, -0.2) is 0 Å². The van der Waals surface area contributed by atoms with Crippen LogP contribution >= 0.6 is 0 Å². The van der Waals surface area contributed by atoms with E-state index >= 15 is 0 Å². The average molecular weight is 285 g/mol. The summed E-state index contributed by atoms with van der Waals surface area (Å²) in [6.45, 7) is 7.19. The molecule has 0 rings (SSSR count). The maximum Gasteiger partial charge on any atom is 0.0484 e. The van der Waals surface area contributed by atoms with Crippen molar-refractivity contribution >= 4 is 0 Å². The summed E-state index contributed by atoms with van der Waals surface area (Å²) in [5, 5.41) is 9.66. The Bertz CT molecular complexity index is 190. The zero-order valence-electron chi connectivity index (χ0n) is 14.6. The quantitative estimate of drug-likeness (QED) is 0.341. The van der Waals surface area contributed by atoms with E-state index in [2.05, 4.69) is 20.8 Å². The van der Waals surface area contributed by atoms with Gasteiger partial charge in [0.1, 0.15) is 0 Å². The third-order valence-electron chi connectivity index (χ3n) is 4.65. The van der Waals surface area contributed by atoms with E-state index in [0.29, 0.717) is 6.61 Å². The first kappa shape index (κ1) is 20.0. The molecule has 0 aromatic carbocycles. The first-order valence-electron chi connectivity index (χ1n) is 9.29. The standard InChI is InChI=1S/C19H40O/c1-4-6-8-10-11-13-15-17-19(3,18-20)16-14-12-9-7-5-2/h20H,4-18H2,1-3H3/t19-/m0/s1. The minimum absolute atomic E-state index is 0.190. The Morgan fingerprint density at radius 3 is 1.30 bits per heavy atom. The van der Waals surface area contributed by atoms with Crippen molar-refractivity contribution in [2.45, 2.75) is 111 Å². The summed E-state index contributed by atoms with van der Waals surface area (Å²) in [6.07, 6.45) is 18.7. The molecule has 0 saturated carbocycles. The van der Waals surface area contributed by atoms with E-state index in [9.17, 15) is 5.11 Å². The van der Waals surface area contributed by atoms with Gasteiger partial charge in [0.05, 0.1) is 0 Å². The van der Waals surface area contributed by atoms with Gasteiger partial charge in [0.2, 0.25) is 0 Å². The first-order valence-corrected chi connectivity index (χ1v) is 9.29. The topological polar surface area (TPSA) is 20.2 Å². The van der Waals surface area contributed by atoms with Crippen LogP contribution in [0.25, 0.3) is 0 Å². The lowest BCUT2D eigenvalue weighted by atomic mass is 9.80. The van der Waals surface area contributed by atoms with Crippen LogP contribution in [-0.4, -0.2) is 11.7 Å². The van der Waals surface area contributed by atoms with Crippen LogP contribution in [0.5, 0.6) is 0 Å². The van der Waals surface area contributed by atoms with E-state index in [1.54, 1.807) is 0 Å². The zero-order valence-corrected chi connectivity index (χ0v) is 14.6. The second kappa shape index (κ2) is 13.9. The molecule has 1 nitrogen and oxygen atoms in total. The predicted molar refractivity (Wildman–Crippen MR) is 91.2 cm³/mol. The molecule has 0 saturated heterocycles. The SMILES string of the molecule is CCCCCCCCC[C@@](C)(CO)CCCCCCC. The molecule has 0 aliphatic carbocycles. The Hall–Kier alpha value is -0.0400. The second-order valence-corrected chi connectivity index (χ2v) is 7.00. The van der Waals surface area contributed by atoms with Gasteiger partial charge in [-0.3, -0.25) is 0 Å². The van der Waals surface area contributed by atoms with Gasteiger partial charge in [0.25, 0.3) is 0 Å². The summed E-state index contributed by atoms with van der Waals surface area (Å²) in [5.41, 5.74) is 0.190. The van der Waals surface area contributed by atoms with Crippen molar-refractivity contribution in [2.75, 3.05) is 6.61 Å². The number of aliphatic hydroxyl groups is 1. The minimum atomic E-state index is 0.190. The number of unbranched alkanes of at least 4 members (excludes halogenated alkanes) is 10. The Balaban J connectivity index is 3.56. The second-order valence-electron chi connectivity index (χ2n) is 7.00. The highest BCUT2D eigenvalue weighted by Crippen LogP contribution is 2.30. The number of hydrogen-bond donors (Lipinski definition) is 1. The number of rotatable bonds is 15. The Labute approximate surface area is 128 Å². The van der Waals surface area contributed by atoms with Gasteiger partial charge in [0.15, 0.2) is 0 Å². The summed E-state index contributed by atoms with van der Waals surface area (Å²) in [6, 6.07) is 0. The number of aliphatic hydroxyl groups excluding tert-OH is 1. The number of hydrogen-bond acceptors (Lipinski definition) is 1. The maximum absolute atomic E-state index is 9.66. The summed E-state index contributed by atoms with van der Waals surface area (Å²) in [7, 11) is 0. The Kier molecular flexibility index (Phi) is 13.9. The van der Waals surface area contributed by atoms with Crippen molar-refractivity contribution in [3.8, 4) is 0 Å². The largest absolute Gasteiger partial charge is 0.396 e. The van der Waals surface area contributed by atoms with Crippen molar-refractivity contribution in [3.63, 3.8) is 0 Å². The lowest BCUT2D eigenvalue weighted by molar-refractivity contribution is 0.116. The molecule has 122 valence electrons. The molecule has 0 bridgehead atoms. The molecule has 0 spiro atoms. The van der Waals surface area contributed by atoms with E-state index in [-0.39, 0.29) is 5.41 Å². The molecule has 0 aromatic rings. The first-order chi connectivity index (χ1) is 9.68. The molecule has 1 N–H and O–H groups in total. The van der Waals surface area contributed by atoms with Crippen LogP contribution in [0.4, 0.5) is 0 Å². The Morgan fingerprint density at radius 1 is 0.600 bits per heavy atom. The van der Waals surface area contributed by atoms with Gasteiger partial charge in [0, 0.05) is 6.61 Å². The van der Waals surface area contributed by atoms with E-state index in [1.807, 2.05) is 0 Å². The van der Waals surface area contributed by atoms with Gasteiger partial charge in [-0.05, 0) is 18.3 Å². The third-order valence-corrected chi connectivity index (χ3v) is 4.65. The van der Waals surface area contributed by atoms with Crippen molar-refractivity contribution in [2.24, 2.45) is 5.41 Å². The summed E-state index contributed by atoms with van der Waals surface area (Å²) >= 11 is 0. The van der Waals surface area contributed by atoms with Gasteiger partial charge < -0.3 is 5.11 Å². The minimum Gasteiger partial charge on any atom is -0.396 e.